The Morgan fingerprint density at radius 2 is 0.786 bits per heavy atom. The van der Waals surface area contributed by atoms with E-state index in [1.54, 1.807) is 6.92 Å². The minimum absolute atomic E-state index is 0.277. The maximum Gasteiger partial charge on any atom is 0.0442 e. The van der Waals surface area contributed by atoms with Crippen LogP contribution in [0.5, 0.6) is 0 Å². The fourth-order valence-electron chi connectivity index (χ4n) is 4.00. The SMILES string of the molecule is CCCCCCCCCCCCCCCCCCCCCCCC(C)C(=O)[O-]. The van der Waals surface area contributed by atoms with Gasteiger partial charge < -0.3 is 9.90 Å². The average molecular weight is 396 g/mol. The zero-order valence-electron chi connectivity index (χ0n) is 19.5. The molecule has 2 heteroatoms. The summed E-state index contributed by atoms with van der Waals surface area (Å²) in [5.41, 5.74) is 0. The summed E-state index contributed by atoms with van der Waals surface area (Å²) in [6.45, 7) is 4.04. The predicted octanol–water partition coefficient (Wildman–Crippen LogP) is 7.97. The van der Waals surface area contributed by atoms with E-state index in [4.69, 9.17) is 0 Å². The van der Waals surface area contributed by atoms with Crippen LogP contribution in [-0.4, -0.2) is 5.97 Å². The van der Waals surface area contributed by atoms with Gasteiger partial charge in [0.15, 0.2) is 0 Å². The van der Waals surface area contributed by atoms with Gasteiger partial charge in [0, 0.05) is 5.97 Å². The van der Waals surface area contributed by atoms with E-state index in [0.717, 1.165) is 12.8 Å². The molecule has 0 aromatic carbocycles. The first-order valence-electron chi connectivity index (χ1n) is 12.9. The second-order valence-corrected chi connectivity index (χ2v) is 9.08. The Labute approximate surface area is 177 Å². The molecule has 1 unspecified atom stereocenters. The van der Waals surface area contributed by atoms with E-state index in [2.05, 4.69) is 6.92 Å². The van der Waals surface area contributed by atoms with Gasteiger partial charge >= 0.3 is 0 Å². The Hall–Kier alpha value is -0.530. The van der Waals surface area contributed by atoms with Crippen LogP contribution in [0.2, 0.25) is 0 Å². The van der Waals surface area contributed by atoms with Crippen LogP contribution in [0.15, 0.2) is 0 Å². The first-order chi connectivity index (χ1) is 13.7. The number of aliphatic carboxylic acids is 1. The molecular weight excluding hydrogens is 344 g/mol. The number of rotatable bonds is 23. The van der Waals surface area contributed by atoms with E-state index in [9.17, 15) is 9.90 Å². The molecule has 28 heavy (non-hydrogen) atoms. The van der Waals surface area contributed by atoms with Crippen molar-refractivity contribution in [1.29, 1.82) is 0 Å². The molecule has 0 bridgehead atoms. The van der Waals surface area contributed by atoms with Gasteiger partial charge in [-0.25, -0.2) is 0 Å². The van der Waals surface area contributed by atoms with Gasteiger partial charge in [-0.05, 0) is 12.3 Å². The molecule has 0 spiro atoms. The highest BCUT2D eigenvalue weighted by Crippen LogP contribution is 2.15. The van der Waals surface area contributed by atoms with Gasteiger partial charge in [-0.15, -0.1) is 0 Å². The van der Waals surface area contributed by atoms with Gasteiger partial charge in [-0.1, -0.05) is 149 Å². The monoisotopic (exact) mass is 395 g/mol. The minimum Gasteiger partial charge on any atom is -0.550 e. The van der Waals surface area contributed by atoms with Crippen LogP contribution in [0.4, 0.5) is 0 Å². The molecule has 0 aromatic rings. The lowest BCUT2D eigenvalue weighted by atomic mass is 10.0. The Balaban J connectivity index is 3.04. The highest BCUT2D eigenvalue weighted by atomic mass is 16.4. The van der Waals surface area contributed by atoms with Crippen LogP contribution in [0.1, 0.15) is 155 Å². The average Bonchev–Trinajstić information content (AvgIpc) is 2.68. The normalized spacial score (nSPS) is 12.4. The van der Waals surface area contributed by atoms with Crippen LogP contribution in [0.3, 0.4) is 0 Å². The second kappa shape index (κ2) is 22.8. The highest BCUT2D eigenvalue weighted by molar-refractivity contribution is 5.66. The number of carbonyl (C=O) groups excluding carboxylic acids is 1. The largest absolute Gasteiger partial charge is 0.550 e. The number of hydrogen-bond acceptors (Lipinski definition) is 2. The van der Waals surface area contributed by atoms with E-state index in [0.29, 0.717) is 0 Å². The first kappa shape index (κ1) is 27.5. The number of unbranched alkanes of at least 4 members (excludes halogenated alkanes) is 20. The third-order valence-electron chi connectivity index (χ3n) is 6.14. The van der Waals surface area contributed by atoms with Crippen LogP contribution in [0, 0.1) is 5.92 Å². The van der Waals surface area contributed by atoms with E-state index in [1.165, 1.54) is 128 Å². The van der Waals surface area contributed by atoms with Crippen molar-refractivity contribution in [1.82, 2.24) is 0 Å². The molecule has 2 nitrogen and oxygen atoms in total. The van der Waals surface area contributed by atoms with Gasteiger partial charge in [-0.2, -0.15) is 0 Å². The number of hydrogen-bond donors (Lipinski definition) is 0. The third kappa shape index (κ3) is 21.8. The first-order valence-corrected chi connectivity index (χ1v) is 12.9. The summed E-state index contributed by atoms with van der Waals surface area (Å²) in [5, 5.41) is 10.6. The molecule has 0 rings (SSSR count). The van der Waals surface area contributed by atoms with Gasteiger partial charge in [0.1, 0.15) is 0 Å². The topological polar surface area (TPSA) is 40.1 Å². The molecule has 0 amide bonds. The molecule has 0 saturated carbocycles. The standard InChI is InChI=1S/C26H52O2/c1-3-4-5-6-7-8-9-10-11-12-13-14-15-16-17-18-19-20-21-22-23-24-25(2)26(27)28/h25H,3-24H2,1-2H3,(H,27,28)/p-1. The van der Waals surface area contributed by atoms with E-state index in [1.807, 2.05) is 0 Å². The molecule has 0 radical (unpaired) electrons. The summed E-state index contributed by atoms with van der Waals surface area (Å²) < 4.78 is 0. The lowest BCUT2D eigenvalue weighted by Crippen LogP contribution is -2.29. The van der Waals surface area contributed by atoms with Crippen LogP contribution >= 0.6 is 0 Å². The zero-order chi connectivity index (χ0) is 20.7. The van der Waals surface area contributed by atoms with Crippen molar-refractivity contribution in [3.63, 3.8) is 0 Å². The molecule has 0 aliphatic carbocycles. The van der Waals surface area contributed by atoms with Crippen molar-refractivity contribution in [3.8, 4) is 0 Å². The lowest BCUT2D eigenvalue weighted by molar-refractivity contribution is -0.311. The van der Waals surface area contributed by atoms with Crippen molar-refractivity contribution >= 4 is 5.97 Å². The molecule has 0 aliphatic heterocycles. The molecule has 0 heterocycles. The van der Waals surface area contributed by atoms with Gasteiger partial charge in [0.25, 0.3) is 0 Å². The Bertz CT molecular complexity index is 314. The van der Waals surface area contributed by atoms with Gasteiger partial charge in [0.05, 0.1) is 0 Å². The lowest BCUT2D eigenvalue weighted by Gasteiger charge is -2.11. The van der Waals surface area contributed by atoms with Crippen molar-refractivity contribution in [2.75, 3.05) is 0 Å². The summed E-state index contributed by atoms with van der Waals surface area (Å²) in [6.07, 6.45) is 29.9. The molecule has 0 aromatic heterocycles. The summed E-state index contributed by atoms with van der Waals surface area (Å²) in [4.78, 5) is 10.6. The van der Waals surface area contributed by atoms with Crippen LogP contribution in [-0.2, 0) is 4.79 Å². The number of carboxylic acids is 1. The maximum absolute atomic E-state index is 10.6. The highest BCUT2D eigenvalue weighted by Gasteiger charge is 2.01. The quantitative estimate of drug-likeness (QED) is 0.164. The zero-order valence-corrected chi connectivity index (χ0v) is 19.5. The fraction of sp³-hybridized carbons (Fsp3) is 0.962. The number of carboxylic acid groups (broad SMARTS) is 1. The van der Waals surface area contributed by atoms with E-state index < -0.39 is 5.97 Å². The second-order valence-electron chi connectivity index (χ2n) is 9.08. The number of carbonyl (C=O) groups is 1. The smallest absolute Gasteiger partial charge is 0.0442 e. The summed E-state index contributed by atoms with van der Waals surface area (Å²) in [5.74, 6) is -1.17. The predicted molar refractivity (Wildman–Crippen MR) is 121 cm³/mol. The van der Waals surface area contributed by atoms with Gasteiger partial charge in [-0.3, -0.25) is 0 Å². The summed E-state index contributed by atoms with van der Waals surface area (Å²) in [7, 11) is 0. The Morgan fingerprint density at radius 3 is 1.04 bits per heavy atom. The van der Waals surface area contributed by atoms with Crippen molar-refractivity contribution < 1.29 is 9.90 Å². The third-order valence-corrected chi connectivity index (χ3v) is 6.14. The molecule has 0 fully saturated rings. The van der Waals surface area contributed by atoms with Crippen LogP contribution in [0.25, 0.3) is 0 Å². The van der Waals surface area contributed by atoms with E-state index in [-0.39, 0.29) is 5.92 Å². The van der Waals surface area contributed by atoms with E-state index >= 15 is 0 Å². The molecule has 1 atom stereocenters. The van der Waals surface area contributed by atoms with Crippen LogP contribution < -0.4 is 5.11 Å². The minimum atomic E-state index is -0.895. The van der Waals surface area contributed by atoms with Crippen molar-refractivity contribution in [2.45, 2.75) is 155 Å². The summed E-state index contributed by atoms with van der Waals surface area (Å²) >= 11 is 0. The van der Waals surface area contributed by atoms with Crippen molar-refractivity contribution in [2.24, 2.45) is 5.92 Å². The Kier molecular flexibility index (Phi) is 22.3. The molecular formula is C26H51O2-. The molecule has 168 valence electrons. The van der Waals surface area contributed by atoms with Gasteiger partial charge in [0.2, 0.25) is 0 Å². The fourth-order valence-corrected chi connectivity index (χ4v) is 4.00. The summed E-state index contributed by atoms with van der Waals surface area (Å²) in [6, 6.07) is 0. The molecule has 0 N–H and O–H groups in total. The molecule has 0 aliphatic rings. The molecule has 0 saturated heterocycles. The maximum atomic E-state index is 10.6. The Morgan fingerprint density at radius 1 is 0.536 bits per heavy atom. The van der Waals surface area contributed by atoms with Crippen molar-refractivity contribution in [3.05, 3.63) is 0 Å².